The van der Waals surface area contributed by atoms with E-state index in [2.05, 4.69) is 5.32 Å². The summed E-state index contributed by atoms with van der Waals surface area (Å²) in [6.45, 7) is 3.68. The SMILES string of the molecule is CC[C@H](NC(=O)N(C)C(C)Cc1cccs1)C(=O)O. The fourth-order valence-corrected chi connectivity index (χ4v) is 2.47. The van der Waals surface area contributed by atoms with Crippen LogP contribution in [-0.4, -0.2) is 41.1 Å². The molecule has 0 aromatic carbocycles. The zero-order valence-electron chi connectivity index (χ0n) is 11.4. The van der Waals surface area contributed by atoms with E-state index in [1.807, 2.05) is 24.4 Å². The molecule has 0 aliphatic carbocycles. The summed E-state index contributed by atoms with van der Waals surface area (Å²) in [6, 6.07) is 2.84. The van der Waals surface area contributed by atoms with Crippen molar-refractivity contribution < 1.29 is 14.7 Å². The van der Waals surface area contributed by atoms with Gasteiger partial charge in [-0.3, -0.25) is 0 Å². The topological polar surface area (TPSA) is 69.6 Å². The minimum absolute atomic E-state index is 0.0185. The van der Waals surface area contributed by atoms with E-state index in [1.54, 1.807) is 30.2 Å². The molecule has 19 heavy (non-hydrogen) atoms. The molecule has 0 saturated heterocycles. The van der Waals surface area contributed by atoms with Crippen LogP contribution >= 0.6 is 11.3 Å². The van der Waals surface area contributed by atoms with Gasteiger partial charge in [-0.05, 0) is 24.8 Å². The molecule has 1 heterocycles. The van der Waals surface area contributed by atoms with E-state index in [0.29, 0.717) is 6.42 Å². The predicted molar refractivity (Wildman–Crippen MR) is 75.5 cm³/mol. The highest BCUT2D eigenvalue weighted by molar-refractivity contribution is 7.09. The molecule has 1 aromatic heterocycles. The Bertz CT molecular complexity index is 420. The Balaban J connectivity index is 2.53. The fraction of sp³-hybridized carbons (Fsp3) is 0.538. The predicted octanol–water partition coefficient (Wildman–Crippen LogP) is 2.18. The fourth-order valence-electron chi connectivity index (χ4n) is 1.65. The first kappa shape index (κ1) is 15.5. The summed E-state index contributed by atoms with van der Waals surface area (Å²) < 4.78 is 0. The molecule has 2 atom stereocenters. The lowest BCUT2D eigenvalue weighted by Crippen LogP contribution is -2.49. The number of amides is 2. The molecule has 1 rings (SSSR count). The number of likely N-dealkylation sites (N-methyl/N-ethyl adjacent to an activating group) is 1. The van der Waals surface area contributed by atoms with Crippen molar-refractivity contribution in [3.8, 4) is 0 Å². The van der Waals surface area contributed by atoms with E-state index in [1.165, 1.54) is 4.88 Å². The van der Waals surface area contributed by atoms with Gasteiger partial charge in [0, 0.05) is 24.4 Å². The summed E-state index contributed by atoms with van der Waals surface area (Å²) >= 11 is 1.65. The Morgan fingerprint density at radius 3 is 2.68 bits per heavy atom. The van der Waals surface area contributed by atoms with Gasteiger partial charge in [0.25, 0.3) is 0 Å². The number of aliphatic carboxylic acids is 1. The molecule has 1 unspecified atom stereocenters. The molecule has 0 saturated carbocycles. The van der Waals surface area contributed by atoms with Crippen molar-refractivity contribution in [2.24, 2.45) is 0 Å². The standard InChI is InChI=1S/C13H20N2O3S/c1-4-11(12(16)17)14-13(18)15(3)9(2)8-10-6-5-7-19-10/h5-7,9,11H,4,8H2,1-3H3,(H,14,18)(H,16,17)/t9?,11-/m0/s1. The van der Waals surface area contributed by atoms with Crippen molar-refractivity contribution in [2.75, 3.05) is 7.05 Å². The Hall–Kier alpha value is -1.56. The Kier molecular flexibility index (Phi) is 5.82. The van der Waals surface area contributed by atoms with Gasteiger partial charge in [0.1, 0.15) is 6.04 Å². The normalized spacial score (nSPS) is 13.6. The average molecular weight is 284 g/mol. The number of carboxylic acids is 1. The molecule has 0 aliphatic heterocycles. The zero-order valence-corrected chi connectivity index (χ0v) is 12.2. The van der Waals surface area contributed by atoms with E-state index in [9.17, 15) is 9.59 Å². The van der Waals surface area contributed by atoms with Crippen LogP contribution in [0, 0.1) is 0 Å². The third-order valence-corrected chi connectivity index (χ3v) is 3.96. The Morgan fingerprint density at radius 1 is 1.53 bits per heavy atom. The molecule has 0 spiro atoms. The number of carbonyl (C=O) groups excluding carboxylic acids is 1. The van der Waals surface area contributed by atoms with Crippen LogP contribution < -0.4 is 5.32 Å². The number of carbonyl (C=O) groups is 2. The zero-order chi connectivity index (χ0) is 14.4. The van der Waals surface area contributed by atoms with Crippen LogP contribution in [0.15, 0.2) is 17.5 Å². The van der Waals surface area contributed by atoms with Gasteiger partial charge in [-0.15, -0.1) is 11.3 Å². The number of nitrogens with zero attached hydrogens (tertiary/aromatic N) is 1. The molecule has 0 radical (unpaired) electrons. The molecule has 5 nitrogen and oxygen atoms in total. The van der Waals surface area contributed by atoms with E-state index < -0.39 is 12.0 Å². The Morgan fingerprint density at radius 2 is 2.21 bits per heavy atom. The van der Waals surface area contributed by atoms with E-state index in [-0.39, 0.29) is 12.1 Å². The number of hydrogen-bond acceptors (Lipinski definition) is 3. The van der Waals surface area contributed by atoms with Crippen LogP contribution in [-0.2, 0) is 11.2 Å². The molecule has 0 aliphatic rings. The third kappa shape index (κ3) is 4.55. The smallest absolute Gasteiger partial charge is 0.326 e. The van der Waals surface area contributed by atoms with Crippen LogP contribution in [0.4, 0.5) is 4.79 Å². The second kappa shape index (κ2) is 7.13. The first-order chi connectivity index (χ1) is 8.95. The summed E-state index contributed by atoms with van der Waals surface area (Å²) in [5.74, 6) is -1.00. The number of urea groups is 1. The van der Waals surface area contributed by atoms with Crippen LogP contribution in [0.25, 0.3) is 0 Å². The highest BCUT2D eigenvalue weighted by Crippen LogP contribution is 2.13. The minimum atomic E-state index is -1.00. The number of hydrogen-bond donors (Lipinski definition) is 2. The first-order valence-corrected chi connectivity index (χ1v) is 7.12. The molecule has 1 aromatic rings. The lowest BCUT2D eigenvalue weighted by atomic mass is 10.2. The highest BCUT2D eigenvalue weighted by atomic mass is 32.1. The molecule has 6 heteroatoms. The second-order valence-electron chi connectivity index (χ2n) is 4.49. The van der Waals surface area contributed by atoms with E-state index >= 15 is 0 Å². The maximum absolute atomic E-state index is 11.9. The minimum Gasteiger partial charge on any atom is -0.480 e. The summed E-state index contributed by atoms with van der Waals surface area (Å²) in [5, 5.41) is 13.4. The van der Waals surface area contributed by atoms with Gasteiger partial charge in [0.05, 0.1) is 0 Å². The summed E-state index contributed by atoms with van der Waals surface area (Å²) in [6.07, 6.45) is 1.14. The van der Waals surface area contributed by atoms with Crippen molar-refractivity contribution in [1.29, 1.82) is 0 Å². The summed E-state index contributed by atoms with van der Waals surface area (Å²) in [4.78, 5) is 25.6. The van der Waals surface area contributed by atoms with Gasteiger partial charge < -0.3 is 15.3 Å². The van der Waals surface area contributed by atoms with Crippen molar-refractivity contribution in [2.45, 2.75) is 38.8 Å². The van der Waals surface area contributed by atoms with Crippen molar-refractivity contribution in [3.05, 3.63) is 22.4 Å². The summed E-state index contributed by atoms with van der Waals surface area (Å²) in [7, 11) is 1.68. The molecule has 106 valence electrons. The number of nitrogens with one attached hydrogen (secondary N) is 1. The maximum atomic E-state index is 11.9. The molecule has 0 bridgehead atoms. The van der Waals surface area contributed by atoms with Crippen LogP contribution in [0.3, 0.4) is 0 Å². The number of rotatable bonds is 6. The molecule has 2 amide bonds. The molecule has 0 fully saturated rings. The third-order valence-electron chi connectivity index (χ3n) is 3.06. The quantitative estimate of drug-likeness (QED) is 0.841. The van der Waals surface area contributed by atoms with Gasteiger partial charge >= 0.3 is 12.0 Å². The van der Waals surface area contributed by atoms with Gasteiger partial charge in [-0.2, -0.15) is 0 Å². The largest absolute Gasteiger partial charge is 0.480 e. The maximum Gasteiger partial charge on any atom is 0.326 e. The summed E-state index contributed by atoms with van der Waals surface area (Å²) in [5.41, 5.74) is 0. The van der Waals surface area contributed by atoms with Crippen molar-refractivity contribution in [1.82, 2.24) is 10.2 Å². The van der Waals surface area contributed by atoms with Gasteiger partial charge in [-0.1, -0.05) is 13.0 Å². The van der Waals surface area contributed by atoms with Crippen LogP contribution in [0.5, 0.6) is 0 Å². The lowest BCUT2D eigenvalue weighted by Gasteiger charge is -2.26. The first-order valence-electron chi connectivity index (χ1n) is 6.24. The van der Waals surface area contributed by atoms with Crippen LogP contribution in [0.1, 0.15) is 25.1 Å². The van der Waals surface area contributed by atoms with E-state index in [0.717, 1.165) is 6.42 Å². The Labute approximate surface area is 117 Å². The van der Waals surface area contributed by atoms with Crippen molar-refractivity contribution in [3.63, 3.8) is 0 Å². The molecule has 2 N–H and O–H groups in total. The van der Waals surface area contributed by atoms with Gasteiger partial charge in [-0.25, -0.2) is 9.59 Å². The monoisotopic (exact) mass is 284 g/mol. The number of thiophene rings is 1. The highest BCUT2D eigenvalue weighted by Gasteiger charge is 2.22. The molecular formula is C13H20N2O3S. The average Bonchev–Trinajstić information content (AvgIpc) is 2.86. The van der Waals surface area contributed by atoms with Crippen LogP contribution in [0.2, 0.25) is 0 Å². The van der Waals surface area contributed by atoms with E-state index in [4.69, 9.17) is 5.11 Å². The lowest BCUT2D eigenvalue weighted by molar-refractivity contribution is -0.139. The van der Waals surface area contributed by atoms with Gasteiger partial charge in [0.15, 0.2) is 0 Å². The molecular weight excluding hydrogens is 264 g/mol. The van der Waals surface area contributed by atoms with Gasteiger partial charge in [0.2, 0.25) is 0 Å². The number of carboxylic acid groups (broad SMARTS) is 1. The second-order valence-corrected chi connectivity index (χ2v) is 5.52. The van der Waals surface area contributed by atoms with Crippen molar-refractivity contribution >= 4 is 23.3 Å².